The highest BCUT2D eigenvalue weighted by Gasteiger charge is 2.53. The maximum atomic E-state index is 12.1. The Bertz CT molecular complexity index is 741. The highest BCUT2D eigenvalue weighted by atomic mass is 16.2. The van der Waals surface area contributed by atoms with Crippen LogP contribution in [0.1, 0.15) is 57.6 Å². The quantitative estimate of drug-likeness (QED) is 0.890. The van der Waals surface area contributed by atoms with E-state index in [0.717, 1.165) is 29.9 Å². The Labute approximate surface area is 149 Å². The lowest BCUT2D eigenvalue weighted by molar-refractivity contribution is -0.0748. The lowest BCUT2D eigenvalue weighted by Crippen LogP contribution is -2.55. The van der Waals surface area contributed by atoms with E-state index >= 15 is 0 Å². The summed E-state index contributed by atoms with van der Waals surface area (Å²) >= 11 is 0. The third-order valence-corrected chi connectivity index (χ3v) is 7.39. The molecule has 0 amide bonds. The summed E-state index contributed by atoms with van der Waals surface area (Å²) < 4.78 is 2.76. The number of hydrogen-bond donors (Lipinski definition) is 1. The smallest absolute Gasteiger partial charge is 0.308 e. The van der Waals surface area contributed by atoms with E-state index in [-0.39, 0.29) is 11.2 Å². The molecule has 5 heteroatoms. The SMILES string of the molecule is CC[C@H](NCc1cc(=O)n(C)c(=O)n1C)C12CC3CC(CC(C3)C1)C2. The third-order valence-electron chi connectivity index (χ3n) is 7.39. The van der Waals surface area contributed by atoms with Crippen molar-refractivity contribution in [2.75, 3.05) is 0 Å². The van der Waals surface area contributed by atoms with Gasteiger partial charge in [0.15, 0.2) is 0 Å². The van der Waals surface area contributed by atoms with Gasteiger partial charge in [0, 0.05) is 38.4 Å². The molecule has 1 N–H and O–H groups in total. The van der Waals surface area contributed by atoms with E-state index in [2.05, 4.69) is 12.2 Å². The van der Waals surface area contributed by atoms with Gasteiger partial charge < -0.3 is 5.32 Å². The maximum Gasteiger partial charge on any atom is 0.330 e. The van der Waals surface area contributed by atoms with Gasteiger partial charge in [-0.2, -0.15) is 0 Å². The molecule has 5 rings (SSSR count). The second-order valence-corrected chi connectivity index (χ2v) is 9.00. The number of hydrogen-bond acceptors (Lipinski definition) is 3. The lowest BCUT2D eigenvalue weighted by atomic mass is 9.47. The molecule has 5 nitrogen and oxygen atoms in total. The molecule has 1 heterocycles. The predicted molar refractivity (Wildman–Crippen MR) is 98.4 cm³/mol. The van der Waals surface area contributed by atoms with Crippen molar-refractivity contribution in [3.63, 3.8) is 0 Å². The first-order chi connectivity index (χ1) is 11.9. The summed E-state index contributed by atoms with van der Waals surface area (Å²) in [5.74, 6) is 2.82. The van der Waals surface area contributed by atoms with Crippen molar-refractivity contribution < 1.29 is 0 Å². The summed E-state index contributed by atoms with van der Waals surface area (Å²) in [5, 5.41) is 3.75. The summed E-state index contributed by atoms with van der Waals surface area (Å²) in [5.41, 5.74) is 0.772. The lowest BCUT2D eigenvalue weighted by Gasteiger charge is -2.59. The van der Waals surface area contributed by atoms with Gasteiger partial charge in [-0.1, -0.05) is 6.92 Å². The first-order valence-electron chi connectivity index (χ1n) is 9.91. The normalized spacial score (nSPS) is 34.4. The molecule has 0 unspecified atom stereocenters. The zero-order valence-electron chi connectivity index (χ0n) is 15.8. The van der Waals surface area contributed by atoms with Crippen LogP contribution in [0, 0.1) is 23.2 Å². The fourth-order valence-electron chi connectivity index (χ4n) is 6.57. The number of rotatable bonds is 5. The van der Waals surface area contributed by atoms with Crippen molar-refractivity contribution in [3.05, 3.63) is 32.6 Å². The molecule has 138 valence electrons. The molecule has 4 saturated carbocycles. The second kappa shape index (κ2) is 6.11. The summed E-state index contributed by atoms with van der Waals surface area (Å²) in [6.45, 7) is 2.88. The van der Waals surface area contributed by atoms with Crippen molar-refractivity contribution >= 4 is 0 Å². The van der Waals surface area contributed by atoms with Gasteiger partial charge in [0.2, 0.25) is 0 Å². The van der Waals surface area contributed by atoms with Crippen LogP contribution in [0.15, 0.2) is 15.7 Å². The van der Waals surface area contributed by atoms with Gasteiger partial charge >= 0.3 is 5.69 Å². The summed E-state index contributed by atoms with van der Waals surface area (Å²) in [6, 6.07) is 2.08. The largest absolute Gasteiger partial charge is 0.330 e. The zero-order chi connectivity index (χ0) is 17.8. The zero-order valence-corrected chi connectivity index (χ0v) is 15.8. The average Bonchev–Trinajstić information content (AvgIpc) is 2.56. The van der Waals surface area contributed by atoms with Crippen LogP contribution < -0.4 is 16.6 Å². The van der Waals surface area contributed by atoms with Crippen LogP contribution in [0.2, 0.25) is 0 Å². The monoisotopic (exact) mass is 345 g/mol. The Kier molecular flexibility index (Phi) is 4.18. The Hall–Kier alpha value is -1.36. The van der Waals surface area contributed by atoms with Gasteiger partial charge in [-0.3, -0.25) is 13.9 Å². The molecule has 4 bridgehead atoms. The second-order valence-electron chi connectivity index (χ2n) is 9.00. The molecule has 0 aliphatic heterocycles. The molecule has 4 aliphatic carbocycles. The van der Waals surface area contributed by atoms with Gasteiger partial charge in [0.25, 0.3) is 5.56 Å². The highest BCUT2D eigenvalue weighted by molar-refractivity contribution is 5.07. The molecule has 1 aromatic heterocycles. The summed E-state index contributed by atoms with van der Waals surface area (Å²) in [7, 11) is 3.29. The van der Waals surface area contributed by atoms with Gasteiger partial charge in [0.05, 0.1) is 0 Å². The number of nitrogens with one attached hydrogen (secondary N) is 1. The van der Waals surface area contributed by atoms with Crippen LogP contribution in [0.4, 0.5) is 0 Å². The maximum absolute atomic E-state index is 12.1. The van der Waals surface area contributed by atoms with Gasteiger partial charge in [-0.25, -0.2) is 4.79 Å². The molecule has 25 heavy (non-hydrogen) atoms. The van der Waals surface area contributed by atoms with Crippen LogP contribution in [0.25, 0.3) is 0 Å². The first kappa shape index (κ1) is 17.1. The first-order valence-corrected chi connectivity index (χ1v) is 9.91. The molecule has 1 atom stereocenters. The van der Waals surface area contributed by atoms with Crippen LogP contribution in [-0.4, -0.2) is 15.2 Å². The molecule has 4 aliphatic rings. The molecule has 0 aromatic carbocycles. The van der Waals surface area contributed by atoms with E-state index < -0.39 is 0 Å². The van der Waals surface area contributed by atoms with Crippen LogP contribution in [0.3, 0.4) is 0 Å². The number of nitrogens with zero attached hydrogens (tertiary/aromatic N) is 2. The molecule has 1 aromatic rings. The van der Waals surface area contributed by atoms with E-state index in [1.807, 2.05) is 0 Å². The molecule has 4 fully saturated rings. The summed E-state index contributed by atoms with van der Waals surface area (Å²) in [4.78, 5) is 24.1. The van der Waals surface area contributed by atoms with E-state index in [1.54, 1.807) is 17.7 Å². The van der Waals surface area contributed by atoms with Crippen LogP contribution in [0.5, 0.6) is 0 Å². The Morgan fingerprint density at radius 2 is 1.64 bits per heavy atom. The topological polar surface area (TPSA) is 56.0 Å². The molecule has 0 saturated heterocycles. The Balaban J connectivity index is 1.54. The van der Waals surface area contributed by atoms with Gasteiger partial charge in [0.1, 0.15) is 0 Å². The van der Waals surface area contributed by atoms with E-state index in [1.165, 1.54) is 50.1 Å². The number of aromatic nitrogens is 2. The standard InChI is InChI=1S/C20H31N3O2/c1-4-17(20-9-13-5-14(10-20)7-15(6-13)11-20)21-12-16-8-18(24)23(3)19(25)22(16)2/h8,13-15,17,21H,4-7,9-12H2,1-3H3/t13?,14?,15?,17-,20?/m0/s1. The van der Waals surface area contributed by atoms with Crippen LogP contribution >= 0.6 is 0 Å². The van der Waals surface area contributed by atoms with E-state index in [0.29, 0.717) is 18.0 Å². The highest BCUT2D eigenvalue weighted by Crippen LogP contribution is 2.61. The summed E-state index contributed by atoms with van der Waals surface area (Å²) in [6.07, 6.45) is 9.61. The Morgan fingerprint density at radius 1 is 1.08 bits per heavy atom. The van der Waals surface area contributed by atoms with Crippen LogP contribution in [-0.2, 0) is 20.6 Å². The minimum atomic E-state index is -0.243. The van der Waals surface area contributed by atoms with E-state index in [9.17, 15) is 9.59 Å². The fraction of sp³-hybridized carbons (Fsp3) is 0.800. The fourth-order valence-corrected chi connectivity index (χ4v) is 6.57. The molecule has 0 spiro atoms. The third kappa shape index (κ3) is 2.80. The average molecular weight is 345 g/mol. The predicted octanol–water partition coefficient (Wildman–Crippen LogP) is 2.17. The van der Waals surface area contributed by atoms with Crippen molar-refractivity contribution in [2.24, 2.45) is 37.3 Å². The van der Waals surface area contributed by atoms with Crippen molar-refractivity contribution in [2.45, 2.75) is 64.5 Å². The van der Waals surface area contributed by atoms with Crippen molar-refractivity contribution in [1.29, 1.82) is 0 Å². The van der Waals surface area contributed by atoms with Gasteiger partial charge in [-0.15, -0.1) is 0 Å². The van der Waals surface area contributed by atoms with Crippen molar-refractivity contribution in [1.82, 2.24) is 14.5 Å². The molecular weight excluding hydrogens is 314 g/mol. The minimum absolute atomic E-state index is 0.220. The Morgan fingerprint density at radius 3 is 2.16 bits per heavy atom. The van der Waals surface area contributed by atoms with Gasteiger partial charge in [-0.05, 0) is 68.1 Å². The van der Waals surface area contributed by atoms with E-state index in [4.69, 9.17) is 0 Å². The minimum Gasteiger partial charge on any atom is -0.308 e. The molecular formula is C20H31N3O2. The molecule has 0 radical (unpaired) electrons. The van der Waals surface area contributed by atoms with Crippen molar-refractivity contribution in [3.8, 4) is 0 Å².